The molecule has 2 rings (SSSR count). The second kappa shape index (κ2) is 7.36. The number of piperidine rings is 1. The normalized spacial score (nSPS) is 20.8. The molecule has 2 saturated heterocycles. The smallest absolute Gasteiger partial charge is 0.317 e. The Morgan fingerprint density at radius 3 is 1.79 bits per heavy atom. The number of likely N-dealkylation sites (tertiary alicyclic amines) is 2. The first kappa shape index (κ1) is 14.2. The van der Waals surface area contributed by atoms with Gasteiger partial charge in [0.2, 0.25) is 5.91 Å². The number of hydrogen-bond donors (Lipinski definition) is 1. The molecule has 0 aromatic rings. The summed E-state index contributed by atoms with van der Waals surface area (Å²) >= 11 is 0. The van der Waals surface area contributed by atoms with Gasteiger partial charge in [0.1, 0.15) is 0 Å². The molecule has 0 aromatic carbocycles. The summed E-state index contributed by atoms with van der Waals surface area (Å²) in [6, 6.07) is -0.0766. The minimum atomic E-state index is -0.0766. The second-order valence-electron chi connectivity index (χ2n) is 5.50. The van der Waals surface area contributed by atoms with Gasteiger partial charge in [0.15, 0.2) is 0 Å². The molecule has 5 heteroatoms. The number of carbonyl (C=O) groups excluding carboxylic acids is 2. The van der Waals surface area contributed by atoms with Crippen LogP contribution in [0.5, 0.6) is 0 Å². The van der Waals surface area contributed by atoms with Crippen molar-refractivity contribution < 1.29 is 9.59 Å². The lowest BCUT2D eigenvalue weighted by Gasteiger charge is -2.27. The van der Waals surface area contributed by atoms with Gasteiger partial charge in [0.25, 0.3) is 0 Å². The van der Waals surface area contributed by atoms with Gasteiger partial charge in [0, 0.05) is 26.2 Å². The highest BCUT2D eigenvalue weighted by Crippen LogP contribution is 2.10. The maximum Gasteiger partial charge on any atom is 0.317 e. The monoisotopic (exact) mass is 267 g/mol. The Kier molecular flexibility index (Phi) is 5.48. The number of nitrogens with zero attached hydrogens (tertiary/aromatic N) is 2. The molecule has 108 valence electrons. The fraction of sp³-hybridized carbons (Fsp3) is 0.857. The molecule has 5 nitrogen and oxygen atoms in total. The molecule has 0 saturated carbocycles. The van der Waals surface area contributed by atoms with E-state index < -0.39 is 0 Å². The van der Waals surface area contributed by atoms with Gasteiger partial charge in [-0.05, 0) is 32.1 Å². The quantitative estimate of drug-likeness (QED) is 0.826. The standard InChI is InChI=1S/C14H25N3O2/c18-13(16-8-6-3-7-9-16)12-15-14(19)17-10-4-1-2-5-11-17/h1-12H2,(H,15,19). The maximum absolute atomic E-state index is 12.0. The van der Waals surface area contributed by atoms with Crippen LogP contribution in [0.1, 0.15) is 44.9 Å². The molecule has 2 aliphatic heterocycles. The van der Waals surface area contributed by atoms with E-state index in [1.807, 2.05) is 9.80 Å². The van der Waals surface area contributed by atoms with E-state index in [-0.39, 0.29) is 18.5 Å². The molecule has 0 radical (unpaired) electrons. The SMILES string of the molecule is O=C(CNC(=O)N1CCCCCC1)N1CCCCC1. The van der Waals surface area contributed by atoms with Crippen LogP contribution in [0.25, 0.3) is 0 Å². The van der Waals surface area contributed by atoms with Gasteiger partial charge in [-0.25, -0.2) is 4.79 Å². The van der Waals surface area contributed by atoms with E-state index >= 15 is 0 Å². The van der Waals surface area contributed by atoms with Crippen molar-refractivity contribution in [3.63, 3.8) is 0 Å². The maximum atomic E-state index is 12.0. The van der Waals surface area contributed by atoms with E-state index in [0.717, 1.165) is 51.9 Å². The Morgan fingerprint density at radius 1 is 0.737 bits per heavy atom. The number of amides is 3. The third-order valence-corrected chi connectivity index (χ3v) is 3.99. The van der Waals surface area contributed by atoms with Gasteiger partial charge in [0.05, 0.1) is 6.54 Å². The van der Waals surface area contributed by atoms with Crippen LogP contribution >= 0.6 is 0 Å². The first-order valence-electron chi connectivity index (χ1n) is 7.58. The Hall–Kier alpha value is -1.26. The summed E-state index contributed by atoms with van der Waals surface area (Å²) in [7, 11) is 0. The summed E-state index contributed by atoms with van der Waals surface area (Å²) in [6.45, 7) is 3.49. The van der Waals surface area contributed by atoms with Crippen molar-refractivity contribution in [2.75, 3.05) is 32.7 Å². The van der Waals surface area contributed by atoms with E-state index in [1.54, 1.807) is 0 Å². The van der Waals surface area contributed by atoms with Crippen LogP contribution in [0, 0.1) is 0 Å². The number of nitrogens with one attached hydrogen (secondary N) is 1. The van der Waals surface area contributed by atoms with Gasteiger partial charge in [-0.1, -0.05) is 12.8 Å². The van der Waals surface area contributed by atoms with Crippen LogP contribution in [0.2, 0.25) is 0 Å². The van der Waals surface area contributed by atoms with Gasteiger partial charge >= 0.3 is 6.03 Å². The molecule has 1 N–H and O–H groups in total. The van der Waals surface area contributed by atoms with Crippen molar-refractivity contribution in [2.45, 2.75) is 44.9 Å². The van der Waals surface area contributed by atoms with Crippen LogP contribution in [-0.2, 0) is 4.79 Å². The lowest BCUT2D eigenvalue weighted by Crippen LogP contribution is -2.46. The summed E-state index contributed by atoms with van der Waals surface area (Å²) < 4.78 is 0. The average Bonchev–Trinajstić information content (AvgIpc) is 2.74. The summed E-state index contributed by atoms with van der Waals surface area (Å²) in [5.74, 6) is 0.0582. The molecule has 2 aliphatic rings. The van der Waals surface area contributed by atoms with Crippen LogP contribution < -0.4 is 5.32 Å². The summed E-state index contributed by atoms with van der Waals surface area (Å²) in [4.78, 5) is 27.6. The zero-order valence-corrected chi connectivity index (χ0v) is 11.7. The van der Waals surface area contributed by atoms with Crippen LogP contribution in [-0.4, -0.2) is 54.5 Å². The Morgan fingerprint density at radius 2 is 1.21 bits per heavy atom. The third-order valence-electron chi connectivity index (χ3n) is 3.99. The highest BCUT2D eigenvalue weighted by atomic mass is 16.2. The molecule has 19 heavy (non-hydrogen) atoms. The Balaban J connectivity index is 1.71. The molecule has 0 unspecified atom stereocenters. The molecule has 0 aliphatic carbocycles. The largest absolute Gasteiger partial charge is 0.341 e. The predicted octanol–water partition coefficient (Wildman–Crippen LogP) is 1.58. The highest BCUT2D eigenvalue weighted by Gasteiger charge is 2.19. The number of hydrogen-bond acceptors (Lipinski definition) is 2. The van der Waals surface area contributed by atoms with Crippen LogP contribution in [0.4, 0.5) is 4.79 Å². The van der Waals surface area contributed by atoms with Crippen LogP contribution in [0.3, 0.4) is 0 Å². The van der Waals surface area contributed by atoms with Crippen molar-refractivity contribution in [1.82, 2.24) is 15.1 Å². The van der Waals surface area contributed by atoms with E-state index in [1.165, 1.54) is 19.3 Å². The van der Waals surface area contributed by atoms with Gasteiger partial charge in [-0.15, -0.1) is 0 Å². The zero-order valence-electron chi connectivity index (χ0n) is 11.7. The molecule has 2 fully saturated rings. The molecular formula is C14H25N3O2. The molecule has 0 bridgehead atoms. The van der Waals surface area contributed by atoms with Crippen LogP contribution in [0.15, 0.2) is 0 Å². The van der Waals surface area contributed by atoms with Gasteiger partial charge < -0.3 is 15.1 Å². The lowest BCUT2D eigenvalue weighted by atomic mass is 10.1. The molecule has 0 spiro atoms. The summed E-state index contributed by atoms with van der Waals surface area (Å²) in [5.41, 5.74) is 0. The highest BCUT2D eigenvalue weighted by molar-refractivity contribution is 5.84. The van der Waals surface area contributed by atoms with Crippen molar-refractivity contribution >= 4 is 11.9 Å². The lowest BCUT2D eigenvalue weighted by molar-refractivity contribution is -0.130. The van der Waals surface area contributed by atoms with Crippen molar-refractivity contribution in [1.29, 1.82) is 0 Å². The fourth-order valence-electron chi connectivity index (χ4n) is 2.79. The van der Waals surface area contributed by atoms with E-state index in [4.69, 9.17) is 0 Å². The predicted molar refractivity (Wildman–Crippen MR) is 73.9 cm³/mol. The summed E-state index contributed by atoms with van der Waals surface area (Å²) in [5, 5.41) is 2.77. The topological polar surface area (TPSA) is 52.7 Å². The minimum Gasteiger partial charge on any atom is -0.341 e. The summed E-state index contributed by atoms with van der Waals surface area (Å²) in [6.07, 6.45) is 7.95. The first-order chi connectivity index (χ1) is 9.27. The minimum absolute atomic E-state index is 0.0582. The molecule has 0 aromatic heterocycles. The zero-order chi connectivity index (χ0) is 13.5. The third kappa shape index (κ3) is 4.40. The Bertz CT molecular complexity index is 306. The number of urea groups is 1. The second-order valence-corrected chi connectivity index (χ2v) is 5.50. The average molecular weight is 267 g/mol. The van der Waals surface area contributed by atoms with Crippen molar-refractivity contribution in [2.24, 2.45) is 0 Å². The van der Waals surface area contributed by atoms with E-state index in [2.05, 4.69) is 5.32 Å². The van der Waals surface area contributed by atoms with Gasteiger partial charge in [-0.2, -0.15) is 0 Å². The molecular weight excluding hydrogens is 242 g/mol. The Labute approximate surface area is 115 Å². The first-order valence-corrected chi connectivity index (χ1v) is 7.58. The van der Waals surface area contributed by atoms with E-state index in [0.29, 0.717) is 0 Å². The molecule has 3 amide bonds. The van der Waals surface area contributed by atoms with Gasteiger partial charge in [-0.3, -0.25) is 4.79 Å². The number of carbonyl (C=O) groups is 2. The van der Waals surface area contributed by atoms with Crippen molar-refractivity contribution in [3.8, 4) is 0 Å². The molecule has 2 heterocycles. The van der Waals surface area contributed by atoms with Crippen molar-refractivity contribution in [3.05, 3.63) is 0 Å². The fourth-order valence-corrected chi connectivity index (χ4v) is 2.79. The molecule has 0 atom stereocenters. The van der Waals surface area contributed by atoms with E-state index in [9.17, 15) is 9.59 Å². The number of rotatable bonds is 2.